The normalized spacial score (nSPS) is 30.4. The van der Waals surface area contributed by atoms with Gasteiger partial charge in [-0.05, 0) is 24.8 Å². The number of hydrogen-bond acceptors (Lipinski definition) is 3. The Morgan fingerprint density at radius 1 is 1.53 bits per heavy atom. The van der Waals surface area contributed by atoms with E-state index < -0.39 is 0 Å². The first-order valence-electron chi connectivity index (χ1n) is 6.14. The Balaban J connectivity index is 2.31. The molecule has 3 nitrogen and oxygen atoms in total. The van der Waals surface area contributed by atoms with Crippen LogP contribution < -0.4 is 5.73 Å². The molecule has 0 aromatic rings. The molecular weight excluding hydrogens is 188 g/mol. The summed E-state index contributed by atoms with van der Waals surface area (Å²) in [7, 11) is 1.78. The smallest absolute Gasteiger partial charge is 0.0500 e. The van der Waals surface area contributed by atoms with E-state index in [4.69, 9.17) is 10.5 Å². The average molecular weight is 214 g/mol. The second-order valence-corrected chi connectivity index (χ2v) is 4.94. The van der Waals surface area contributed by atoms with Crippen LogP contribution in [0.25, 0.3) is 0 Å². The summed E-state index contributed by atoms with van der Waals surface area (Å²) in [6, 6.07) is 0.420. The molecule has 0 saturated carbocycles. The molecule has 0 spiro atoms. The van der Waals surface area contributed by atoms with Gasteiger partial charge in [-0.1, -0.05) is 20.3 Å². The van der Waals surface area contributed by atoms with E-state index in [1.54, 1.807) is 7.11 Å². The summed E-state index contributed by atoms with van der Waals surface area (Å²) in [6.45, 7) is 8.83. The lowest BCUT2D eigenvalue weighted by Gasteiger charge is -2.37. The van der Waals surface area contributed by atoms with Crippen LogP contribution in [0.15, 0.2) is 0 Å². The van der Waals surface area contributed by atoms with Crippen molar-refractivity contribution in [1.82, 2.24) is 4.90 Å². The van der Waals surface area contributed by atoms with Crippen LogP contribution in [0.1, 0.15) is 26.7 Å². The Labute approximate surface area is 94.0 Å². The molecule has 0 amide bonds. The molecule has 1 aliphatic rings. The van der Waals surface area contributed by atoms with Gasteiger partial charge in [0.15, 0.2) is 0 Å². The maximum atomic E-state index is 6.09. The predicted molar refractivity (Wildman–Crippen MR) is 63.9 cm³/mol. The van der Waals surface area contributed by atoms with Crippen molar-refractivity contribution in [3.05, 3.63) is 0 Å². The van der Waals surface area contributed by atoms with Crippen molar-refractivity contribution in [3.8, 4) is 0 Å². The van der Waals surface area contributed by atoms with Crippen molar-refractivity contribution in [2.45, 2.75) is 32.7 Å². The molecule has 0 aliphatic carbocycles. The van der Waals surface area contributed by atoms with Gasteiger partial charge in [0.25, 0.3) is 0 Å². The number of piperidine rings is 1. The third-order valence-corrected chi connectivity index (χ3v) is 3.42. The lowest BCUT2D eigenvalue weighted by Crippen LogP contribution is -2.48. The number of hydrogen-bond donors (Lipinski definition) is 1. The third-order valence-electron chi connectivity index (χ3n) is 3.42. The van der Waals surface area contributed by atoms with Crippen molar-refractivity contribution in [2.24, 2.45) is 17.6 Å². The first-order chi connectivity index (χ1) is 7.17. The van der Waals surface area contributed by atoms with Crippen LogP contribution in [0.2, 0.25) is 0 Å². The molecule has 1 rings (SSSR count). The molecule has 1 aliphatic heterocycles. The molecule has 1 saturated heterocycles. The molecule has 15 heavy (non-hydrogen) atoms. The maximum absolute atomic E-state index is 6.09. The van der Waals surface area contributed by atoms with Crippen molar-refractivity contribution < 1.29 is 4.74 Å². The van der Waals surface area contributed by atoms with Gasteiger partial charge < -0.3 is 15.4 Å². The van der Waals surface area contributed by atoms with Crippen LogP contribution in [-0.2, 0) is 4.74 Å². The van der Waals surface area contributed by atoms with Gasteiger partial charge >= 0.3 is 0 Å². The van der Waals surface area contributed by atoms with Gasteiger partial charge in [-0.15, -0.1) is 0 Å². The fraction of sp³-hybridized carbons (Fsp3) is 1.00. The molecule has 3 atom stereocenters. The van der Waals surface area contributed by atoms with E-state index >= 15 is 0 Å². The zero-order chi connectivity index (χ0) is 11.3. The van der Waals surface area contributed by atoms with Gasteiger partial charge in [-0.3, -0.25) is 0 Å². The summed E-state index contributed by atoms with van der Waals surface area (Å²) < 4.78 is 5.17. The van der Waals surface area contributed by atoms with Gasteiger partial charge in [0.05, 0.1) is 0 Å². The van der Waals surface area contributed by atoms with Crippen molar-refractivity contribution in [3.63, 3.8) is 0 Å². The summed E-state index contributed by atoms with van der Waals surface area (Å²) in [5.74, 6) is 1.32. The van der Waals surface area contributed by atoms with E-state index in [1.165, 1.54) is 13.0 Å². The zero-order valence-electron chi connectivity index (χ0n) is 10.4. The molecule has 1 heterocycles. The molecule has 0 aromatic carbocycles. The number of nitrogens with two attached hydrogens (primary N) is 1. The van der Waals surface area contributed by atoms with Crippen molar-refractivity contribution in [2.75, 3.05) is 33.4 Å². The summed E-state index contributed by atoms with van der Waals surface area (Å²) in [6.07, 6.45) is 2.36. The highest BCUT2D eigenvalue weighted by Gasteiger charge is 2.25. The summed E-state index contributed by atoms with van der Waals surface area (Å²) in [4.78, 5) is 2.54. The molecule has 0 aromatic heterocycles. The van der Waals surface area contributed by atoms with Crippen LogP contribution in [-0.4, -0.2) is 44.3 Å². The minimum absolute atomic E-state index is 0.420. The SMILES string of the molecule is CCC1CN(CC(C)COC)CCC1N. The molecule has 90 valence electrons. The molecule has 3 heteroatoms. The maximum Gasteiger partial charge on any atom is 0.0500 e. The third kappa shape index (κ3) is 4.09. The number of nitrogens with zero attached hydrogens (tertiary/aromatic N) is 1. The first kappa shape index (κ1) is 12.9. The molecule has 2 N–H and O–H groups in total. The number of rotatable bonds is 5. The largest absolute Gasteiger partial charge is 0.384 e. The number of ether oxygens (including phenoxy) is 1. The molecule has 0 radical (unpaired) electrons. The topological polar surface area (TPSA) is 38.5 Å². The summed E-state index contributed by atoms with van der Waals surface area (Å²) in [5.41, 5.74) is 6.09. The van der Waals surface area contributed by atoms with Gasteiger partial charge in [0.2, 0.25) is 0 Å². The lowest BCUT2D eigenvalue weighted by atomic mass is 9.90. The van der Waals surface area contributed by atoms with E-state index in [2.05, 4.69) is 18.7 Å². The second-order valence-electron chi connectivity index (χ2n) is 4.94. The van der Waals surface area contributed by atoms with Crippen molar-refractivity contribution >= 4 is 0 Å². The van der Waals surface area contributed by atoms with Gasteiger partial charge in [-0.25, -0.2) is 0 Å². The Hall–Kier alpha value is -0.120. The summed E-state index contributed by atoms with van der Waals surface area (Å²) in [5, 5.41) is 0. The van der Waals surface area contributed by atoms with Gasteiger partial charge in [0.1, 0.15) is 0 Å². The van der Waals surface area contributed by atoms with E-state index in [-0.39, 0.29) is 0 Å². The Morgan fingerprint density at radius 3 is 2.87 bits per heavy atom. The predicted octanol–water partition coefficient (Wildman–Crippen LogP) is 1.33. The first-order valence-corrected chi connectivity index (χ1v) is 6.14. The van der Waals surface area contributed by atoms with Crippen LogP contribution in [0.5, 0.6) is 0 Å². The van der Waals surface area contributed by atoms with Crippen LogP contribution in [0, 0.1) is 11.8 Å². The lowest BCUT2D eigenvalue weighted by molar-refractivity contribution is 0.0972. The zero-order valence-corrected chi connectivity index (χ0v) is 10.4. The highest BCUT2D eigenvalue weighted by molar-refractivity contribution is 4.82. The average Bonchev–Trinajstić information content (AvgIpc) is 2.21. The highest BCUT2D eigenvalue weighted by Crippen LogP contribution is 2.19. The highest BCUT2D eigenvalue weighted by atomic mass is 16.5. The number of methoxy groups -OCH3 is 1. The quantitative estimate of drug-likeness (QED) is 0.750. The van der Waals surface area contributed by atoms with E-state index in [1.807, 2.05) is 0 Å². The summed E-state index contributed by atoms with van der Waals surface area (Å²) >= 11 is 0. The monoisotopic (exact) mass is 214 g/mol. The van der Waals surface area contributed by atoms with Gasteiger partial charge in [-0.2, -0.15) is 0 Å². The fourth-order valence-corrected chi connectivity index (χ4v) is 2.50. The molecule has 3 unspecified atom stereocenters. The molecule has 1 fully saturated rings. The standard InChI is InChI=1S/C12H26N2O/c1-4-11-8-14(6-5-12(11)13)7-10(2)9-15-3/h10-12H,4-9,13H2,1-3H3. The van der Waals surface area contributed by atoms with Crippen LogP contribution in [0.3, 0.4) is 0 Å². The van der Waals surface area contributed by atoms with E-state index in [9.17, 15) is 0 Å². The Bertz CT molecular complexity index is 175. The van der Waals surface area contributed by atoms with Gasteiger partial charge in [0, 0.05) is 32.8 Å². The van der Waals surface area contributed by atoms with Crippen LogP contribution in [0.4, 0.5) is 0 Å². The van der Waals surface area contributed by atoms with E-state index in [0.29, 0.717) is 17.9 Å². The Kier molecular flexibility index (Phi) is 5.58. The fourth-order valence-electron chi connectivity index (χ4n) is 2.50. The minimum Gasteiger partial charge on any atom is -0.384 e. The van der Waals surface area contributed by atoms with Crippen molar-refractivity contribution in [1.29, 1.82) is 0 Å². The minimum atomic E-state index is 0.420. The second kappa shape index (κ2) is 6.46. The number of likely N-dealkylation sites (tertiary alicyclic amines) is 1. The molecule has 0 bridgehead atoms. The Morgan fingerprint density at radius 2 is 2.27 bits per heavy atom. The molecular formula is C12H26N2O. The van der Waals surface area contributed by atoms with E-state index in [0.717, 1.165) is 26.1 Å². The van der Waals surface area contributed by atoms with Crippen LogP contribution >= 0.6 is 0 Å².